The van der Waals surface area contributed by atoms with Gasteiger partial charge in [0.2, 0.25) is 0 Å². The van der Waals surface area contributed by atoms with Gasteiger partial charge in [0.15, 0.2) is 0 Å². The maximum Gasteiger partial charge on any atom is 0.303 e. The van der Waals surface area contributed by atoms with E-state index in [4.69, 9.17) is 16.7 Å². The third-order valence-electron chi connectivity index (χ3n) is 3.08. The Balaban J connectivity index is 2.14. The second-order valence-electron chi connectivity index (χ2n) is 4.55. The Morgan fingerprint density at radius 3 is 2.89 bits per heavy atom. The highest BCUT2D eigenvalue weighted by atomic mass is 35.5. The Hall–Kier alpha value is -0.630. The molecule has 1 aromatic heterocycles. The number of rotatable bonds is 4. The molecule has 1 atom stereocenters. The summed E-state index contributed by atoms with van der Waals surface area (Å²) >= 11 is 6.84. The Kier molecular flexibility index (Phi) is 4.50. The van der Waals surface area contributed by atoms with Gasteiger partial charge in [-0.15, -0.1) is 11.3 Å². The minimum Gasteiger partial charge on any atom is -0.481 e. The van der Waals surface area contributed by atoms with Crippen LogP contribution in [-0.4, -0.2) is 36.9 Å². The van der Waals surface area contributed by atoms with Gasteiger partial charge < -0.3 is 5.11 Å². The summed E-state index contributed by atoms with van der Waals surface area (Å²) in [5, 5.41) is 10.8. The van der Waals surface area contributed by atoms with Crippen molar-refractivity contribution in [3.8, 4) is 0 Å². The lowest BCUT2D eigenvalue weighted by Crippen LogP contribution is -2.40. The van der Waals surface area contributed by atoms with Gasteiger partial charge in [0.25, 0.3) is 10.0 Å². The maximum absolute atomic E-state index is 12.4. The van der Waals surface area contributed by atoms with E-state index in [0.29, 0.717) is 18.0 Å². The van der Waals surface area contributed by atoms with Crippen molar-refractivity contribution in [2.45, 2.75) is 23.5 Å². The fraction of sp³-hybridized carbons (Fsp3) is 0.545. The van der Waals surface area contributed by atoms with Gasteiger partial charge >= 0.3 is 5.97 Å². The summed E-state index contributed by atoms with van der Waals surface area (Å²) in [4.78, 5) is 10.7. The average molecular weight is 324 g/mol. The average Bonchev–Trinajstić information content (AvgIpc) is 2.76. The molecule has 8 heteroatoms. The van der Waals surface area contributed by atoms with E-state index >= 15 is 0 Å². The molecule has 0 bridgehead atoms. The third-order valence-corrected chi connectivity index (χ3v) is 6.71. The molecule has 2 heterocycles. The Bertz CT molecular complexity index is 569. The van der Waals surface area contributed by atoms with Gasteiger partial charge in [-0.25, -0.2) is 8.42 Å². The molecule has 1 aliphatic rings. The van der Waals surface area contributed by atoms with Gasteiger partial charge in [0.1, 0.15) is 4.21 Å². The van der Waals surface area contributed by atoms with E-state index in [2.05, 4.69) is 0 Å². The number of piperidine rings is 1. The number of hydrogen-bond donors (Lipinski definition) is 1. The molecule has 0 radical (unpaired) electrons. The summed E-state index contributed by atoms with van der Waals surface area (Å²) in [6, 6.07) is 1.43. The lowest BCUT2D eigenvalue weighted by atomic mass is 9.96. The van der Waals surface area contributed by atoms with Crippen LogP contribution in [-0.2, 0) is 14.8 Å². The van der Waals surface area contributed by atoms with Crippen molar-refractivity contribution in [2.24, 2.45) is 5.92 Å². The van der Waals surface area contributed by atoms with E-state index in [1.165, 1.54) is 10.4 Å². The molecule has 0 amide bonds. The summed E-state index contributed by atoms with van der Waals surface area (Å²) in [6.45, 7) is 0.706. The van der Waals surface area contributed by atoms with Crippen LogP contribution in [0.25, 0.3) is 0 Å². The van der Waals surface area contributed by atoms with Crippen molar-refractivity contribution >= 4 is 38.9 Å². The highest BCUT2D eigenvalue weighted by Gasteiger charge is 2.31. The quantitative estimate of drug-likeness (QED) is 0.922. The normalized spacial score (nSPS) is 21.4. The summed E-state index contributed by atoms with van der Waals surface area (Å²) < 4.78 is 26.3. The smallest absolute Gasteiger partial charge is 0.303 e. The van der Waals surface area contributed by atoms with Crippen LogP contribution in [0.2, 0.25) is 5.02 Å². The molecule has 0 saturated carbocycles. The first-order valence-electron chi connectivity index (χ1n) is 5.85. The molecule has 1 aliphatic heterocycles. The van der Waals surface area contributed by atoms with Gasteiger partial charge in [-0.05, 0) is 24.8 Å². The van der Waals surface area contributed by atoms with Crippen molar-refractivity contribution < 1.29 is 18.3 Å². The van der Waals surface area contributed by atoms with Gasteiger partial charge in [-0.1, -0.05) is 11.6 Å². The van der Waals surface area contributed by atoms with E-state index < -0.39 is 16.0 Å². The number of carboxylic acids is 1. The Labute approximate surface area is 120 Å². The SMILES string of the molecule is O=C(O)CC1CCCN(S(=O)(=O)c2cc(Cl)cs2)C1. The number of halogens is 1. The summed E-state index contributed by atoms with van der Waals surface area (Å²) in [7, 11) is -3.54. The highest BCUT2D eigenvalue weighted by molar-refractivity contribution is 7.91. The predicted molar refractivity (Wildman–Crippen MR) is 73.1 cm³/mol. The second kappa shape index (κ2) is 5.78. The predicted octanol–water partition coefficient (Wildman–Crippen LogP) is 2.28. The lowest BCUT2D eigenvalue weighted by molar-refractivity contribution is -0.138. The first kappa shape index (κ1) is 14.8. The largest absolute Gasteiger partial charge is 0.481 e. The molecule has 1 unspecified atom stereocenters. The molecular weight excluding hydrogens is 310 g/mol. The van der Waals surface area contributed by atoms with Gasteiger partial charge in [0, 0.05) is 24.9 Å². The van der Waals surface area contributed by atoms with Crippen LogP contribution < -0.4 is 0 Å². The third kappa shape index (κ3) is 3.47. The standard InChI is InChI=1S/C11H14ClNO4S2/c12-9-5-11(18-7-9)19(16,17)13-3-1-2-8(6-13)4-10(14)15/h5,7-8H,1-4,6H2,(H,14,15). The fourth-order valence-corrected chi connectivity index (χ4v) is 5.33. The van der Waals surface area contributed by atoms with Gasteiger partial charge in [-0.3, -0.25) is 4.79 Å². The van der Waals surface area contributed by atoms with Crippen LogP contribution >= 0.6 is 22.9 Å². The topological polar surface area (TPSA) is 74.7 Å². The molecule has 2 rings (SSSR count). The van der Waals surface area contributed by atoms with Crippen molar-refractivity contribution in [1.29, 1.82) is 0 Å². The monoisotopic (exact) mass is 323 g/mol. The minimum absolute atomic E-state index is 0.0111. The van der Waals surface area contributed by atoms with Crippen molar-refractivity contribution in [3.63, 3.8) is 0 Å². The zero-order chi connectivity index (χ0) is 14.0. The van der Waals surface area contributed by atoms with Crippen LogP contribution in [0.4, 0.5) is 0 Å². The summed E-state index contributed by atoms with van der Waals surface area (Å²) in [5.74, 6) is -1.00. The minimum atomic E-state index is -3.54. The summed E-state index contributed by atoms with van der Waals surface area (Å²) in [5.41, 5.74) is 0. The van der Waals surface area contributed by atoms with Crippen molar-refractivity contribution in [2.75, 3.05) is 13.1 Å². The van der Waals surface area contributed by atoms with Gasteiger partial charge in [-0.2, -0.15) is 4.31 Å². The molecule has 19 heavy (non-hydrogen) atoms. The van der Waals surface area contributed by atoms with E-state index in [0.717, 1.165) is 17.8 Å². The number of thiophene rings is 1. The molecule has 0 spiro atoms. The Morgan fingerprint density at radius 1 is 1.58 bits per heavy atom. The molecule has 106 valence electrons. The van der Waals surface area contributed by atoms with E-state index in [9.17, 15) is 13.2 Å². The number of hydrogen-bond acceptors (Lipinski definition) is 4. The van der Waals surface area contributed by atoms with E-state index in [1.807, 2.05) is 0 Å². The molecule has 0 aliphatic carbocycles. The van der Waals surface area contributed by atoms with Crippen LogP contribution in [0.1, 0.15) is 19.3 Å². The fourth-order valence-electron chi connectivity index (χ4n) is 2.22. The molecule has 1 fully saturated rings. The van der Waals surface area contributed by atoms with Crippen molar-refractivity contribution in [1.82, 2.24) is 4.31 Å². The van der Waals surface area contributed by atoms with E-state index in [1.54, 1.807) is 5.38 Å². The molecule has 1 saturated heterocycles. The summed E-state index contributed by atoms with van der Waals surface area (Å²) in [6.07, 6.45) is 1.46. The lowest BCUT2D eigenvalue weighted by Gasteiger charge is -2.30. The molecule has 1 N–H and O–H groups in total. The van der Waals surface area contributed by atoms with Crippen LogP contribution in [0.5, 0.6) is 0 Å². The number of aliphatic carboxylic acids is 1. The zero-order valence-corrected chi connectivity index (χ0v) is 12.5. The molecule has 0 aromatic carbocycles. The molecular formula is C11H14ClNO4S2. The zero-order valence-electron chi connectivity index (χ0n) is 10.1. The number of carboxylic acid groups (broad SMARTS) is 1. The van der Waals surface area contributed by atoms with Gasteiger partial charge in [0.05, 0.1) is 5.02 Å². The number of sulfonamides is 1. The Morgan fingerprint density at radius 2 is 2.32 bits per heavy atom. The first-order valence-corrected chi connectivity index (χ1v) is 8.55. The van der Waals surface area contributed by atoms with Crippen molar-refractivity contribution in [3.05, 3.63) is 16.5 Å². The maximum atomic E-state index is 12.4. The molecule has 1 aromatic rings. The van der Waals surface area contributed by atoms with Crippen LogP contribution in [0.15, 0.2) is 15.7 Å². The van der Waals surface area contributed by atoms with Crippen LogP contribution in [0, 0.1) is 5.92 Å². The number of nitrogens with zero attached hydrogens (tertiary/aromatic N) is 1. The molecule has 5 nitrogen and oxygen atoms in total. The highest BCUT2D eigenvalue weighted by Crippen LogP contribution is 2.30. The van der Waals surface area contributed by atoms with Crippen LogP contribution in [0.3, 0.4) is 0 Å². The first-order chi connectivity index (χ1) is 8.89. The second-order valence-corrected chi connectivity index (χ2v) is 8.07. The number of carbonyl (C=O) groups is 1. The van der Waals surface area contributed by atoms with E-state index in [-0.39, 0.29) is 23.1 Å².